The topological polar surface area (TPSA) is 57.6 Å². The van der Waals surface area contributed by atoms with Crippen LogP contribution in [-0.2, 0) is 4.79 Å². The summed E-state index contributed by atoms with van der Waals surface area (Å²) in [6.45, 7) is 0.550. The van der Waals surface area contributed by atoms with Gasteiger partial charge in [-0.2, -0.15) is 0 Å². The van der Waals surface area contributed by atoms with E-state index in [0.717, 1.165) is 19.3 Å². The van der Waals surface area contributed by atoms with Crippen molar-refractivity contribution in [3.05, 3.63) is 21.3 Å². The highest BCUT2D eigenvalue weighted by Crippen LogP contribution is 2.43. The Kier molecular flexibility index (Phi) is 3.27. The molecular weight excluding hydrogens is 286 g/mol. The van der Waals surface area contributed by atoms with Gasteiger partial charge >= 0.3 is 5.97 Å². The number of carbonyl (C=O) groups excluding carboxylic acids is 1. The number of hydrogen-bond acceptors (Lipinski definition) is 3. The summed E-state index contributed by atoms with van der Waals surface area (Å²) in [5.41, 5.74) is 0. The average Bonchev–Trinajstić information content (AvgIpc) is 3.00. The molecule has 1 aliphatic heterocycles. The van der Waals surface area contributed by atoms with Crippen LogP contribution in [0, 0.1) is 11.8 Å². The number of nitrogens with zero attached hydrogens (tertiary/aromatic N) is 1. The zero-order chi connectivity index (χ0) is 13.6. The molecule has 1 aromatic heterocycles. The molecule has 102 valence electrons. The van der Waals surface area contributed by atoms with Crippen LogP contribution in [0.1, 0.15) is 28.9 Å². The smallest absolute Gasteiger partial charge is 0.326 e. The second kappa shape index (κ2) is 4.80. The van der Waals surface area contributed by atoms with E-state index in [-0.39, 0.29) is 11.8 Å². The number of halogens is 1. The molecule has 19 heavy (non-hydrogen) atoms. The Bertz CT molecular complexity index is 530. The maximum absolute atomic E-state index is 12.5. The first-order chi connectivity index (χ1) is 9.09. The van der Waals surface area contributed by atoms with E-state index in [4.69, 9.17) is 11.6 Å². The van der Waals surface area contributed by atoms with Gasteiger partial charge in [0.1, 0.15) is 10.9 Å². The highest BCUT2D eigenvalue weighted by Gasteiger charge is 2.49. The molecule has 0 bridgehead atoms. The SMILES string of the molecule is O=C(O)C1C2CCCC2CN1C(=O)c1sccc1Cl. The fourth-order valence-corrected chi connectivity index (χ4v) is 4.50. The van der Waals surface area contributed by atoms with Crippen LogP contribution in [0.25, 0.3) is 0 Å². The summed E-state index contributed by atoms with van der Waals surface area (Å²) < 4.78 is 0. The molecule has 4 nitrogen and oxygen atoms in total. The van der Waals surface area contributed by atoms with E-state index in [0.29, 0.717) is 22.4 Å². The Morgan fingerprint density at radius 1 is 1.42 bits per heavy atom. The van der Waals surface area contributed by atoms with Crippen LogP contribution in [0.15, 0.2) is 11.4 Å². The lowest BCUT2D eigenvalue weighted by molar-refractivity contribution is -0.142. The van der Waals surface area contributed by atoms with Gasteiger partial charge in [-0.1, -0.05) is 18.0 Å². The summed E-state index contributed by atoms with van der Waals surface area (Å²) in [5, 5.41) is 11.6. The highest BCUT2D eigenvalue weighted by molar-refractivity contribution is 7.12. The molecule has 1 aromatic rings. The van der Waals surface area contributed by atoms with Gasteiger partial charge < -0.3 is 10.0 Å². The van der Waals surface area contributed by atoms with Crippen molar-refractivity contribution in [2.24, 2.45) is 11.8 Å². The van der Waals surface area contributed by atoms with Gasteiger partial charge in [-0.3, -0.25) is 4.79 Å². The Balaban J connectivity index is 1.90. The molecule has 1 saturated carbocycles. The first-order valence-electron chi connectivity index (χ1n) is 6.36. The molecular formula is C13H14ClNO3S. The van der Waals surface area contributed by atoms with Crippen LogP contribution in [0.4, 0.5) is 0 Å². The minimum atomic E-state index is -0.893. The van der Waals surface area contributed by atoms with E-state index in [1.165, 1.54) is 16.2 Å². The lowest BCUT2D eigenvalue weighted by atomic mass is 9.94. The summed E-state index contributed by atoms with van der Waals surface area (Å²) in [5.74, 6) is -0.679. The molecule has 2 fully saturated rings. The monoisotopic (exact) mass is 299 g/mol. The molecule has 6 heteroatoms. The number of aliphatic carboxylic acids is 1. The van der Waals surface area contributed by atoms with E-state index in [2.05, 4.69) is 0 Å². The molecule has 0 radical (unpaired) electrons. The fourth-order valence-electron chi connectivity index (χ4n) is 3.41. The average molecular weight is 300 g/mol. The second-order valence-corrected chi connectivity index (χ2v) is 6.52. The van der Waals surface area contributed by atoms with Crippen molar-refractivity contribution in [2.45, 2.75) is 25.3 Å². The number of amides is 1. The summed E-state index contributed by atoms with van der Waals surface area (Å²) >= 11 is 7.25. The van der Waals surface area contributed by atoms with E-state index >= 15 is 0 Å². The first-order valence-corrected chi connectivity index (χ1v) is 7.62. The highest BCUT2D eigenvalue weighted by atomic mass is 35.5. The normalized spacial score (nSPS) is 29.5. The van der Waals surface area contributed by atoms with Crippen LogP contribution < -0.4 is 0 Å². The third-order valence-electron chi connectivity index (χ3n) is 4.22. The lowest BCUT2D eigenvalue weighted by Gasteiger charge is -2.24. The Morgan fingerprint density at radius 3 is 2.84 bits per heavy atom. The van der Waals surface area contributed by atoms with Gasteiger partial charge in [-0.25, -0.2) is 4.79 Å². The number of thiophene rings is 1. The summed E-state index contributed by atoms with van der Waals surface area (Å²) in [6, 6.07) is 0.990. The van der Waals surface area contributed by atoms with Crippen LogP contribution in [0.2, 0.25) is 5.02 Å². The quantitative estimate of drug-likeness (QED) is 0.913. The standard InChI is InChI=1S/C13H14ClNO3S/c14-9-4-5-19-11(9)12(16)15-6-7-2-1-3-8(7)10(15)13(17)18/h4-5,7-8,10H,1-3,6H2,(H,17,18). The Morgan fingerprint density at radius 2 is 2.21 bits per heavy atom. The van der Waals surface area contributed by atoms with Gasteiger partial charge in [0.05, 0.1) is 5.02 Å². The van der Waals surface area contributed by atoms with E-state index in [1.54, 1.807) is 11.4 Å². The van der Waals surface area contributed by atoms with E-state index in [9.17, 15) is 14.7 Å². The van der Waals surface area contributed by atoms with Gasteiger partial charge in [0.2, 0.25) is 0 Å². The molecule has 0 aromatic carbocycles. The summed E-state index contributed by atoms with van der Waals surface area (Å²) in [4.78, 5) is 25.9. The van der Waals surface area contributed by atoms with Crippen molar-refractivity contribution in [3.63, 3.8) is 0 Å². The van der Waals surface area contributed by atoms with Gasteiger partial charge in [0, 0.05) is 6.54 Å². The van der Waals surface area contributed by atoms with Crippen molar-refractivity contribution in [3.8, 4) is 0 Å². The maximum atomic E-state index is 12.5. The molecule has 3 unspecified atom stereocenters. The van der Waals surface area contributed by atoms with Crippen LogP contribution >= 0.6 is 22.9 Å². The lowest BCUT2D eigenvalue weighted by Crippen LogP contribution is -2.43. The second-order valence-electron chi connectivity index (χ2n) is 5.19. The molecule has 1 amide bonds. The van der Waals surface area contributed by atoms with Crippen molar-refractivity contribution in [1.29, 1.82) is 0 Å². The van der Waals surface area contributed by atoms with Crippen molar-refractivity contribution in [2.75, 3.05) is 6.54 Å². The predicted molar refractivity (Wildman–Crippen MR) is 72.6 cm³/mol. The Hall–Kier alpha value is -1.07. The zero-order valence-electron chi connectivity index (χ0n) is 10.2. The summed E-state index contributed by atoms with van der Waals surface area (Å²) in [7, 11) is 0. The van der Waals surface area contributed by atoms with Gasteiger partial charge in [-0.05, 0) is 36.1 Å². The number of carboxylic acid groups (broad SMARTS) is 1. The summed E-state index contributed by atoms with van der Waals surface area (Å²) in [6.07, 6.45) is 3.00. The number of fused-ring (bicyclic) bond motifs is 1. The minimum Gasteiger partial charge on any atom is -0.480 e. The van der Waals surface area contributed by atoms with Crippen molar-refractivity contribution in [1.82, 2.24) is 4.90 Å². The number of rotatable bonds is 2. The minimum absolute atomic E-state index is 0.111. The molecule has 2 heterocycles. The molecule has 3 atom stereocenters. The van der Waals surface area contributed by atoms with E-state index < -0.39 is 12.0 Å². The van der Waals surface area contributed by atoms with Crippen molar-refractivity contribution < 1.29 is 14.7 Å². The van der Waals surface area contributed by atoms with E-state index in [1.807, 2.05) is 0 Å². The van der Waals surface area contributed by atoms with Crippen LogP contribution in [0.3, 0.4) is 0 Å². The van der Waals surface area contributed by atoms with Gasteiger partial charge in [-0.15, -0.1) is 11.3 Å². The third-order valence-corrected chi connectivity index (χ3v) is 5.55. The molecule has 0 spiro atoms. The van der Waals surface area contributed by atoms with Gasteiger partial charge in [0.25, 0.3) is 5.91 Å². The number of carbonyl (C=O) groups is 2. The number of carboxylic acids is 1. The third kappa shape index (κ3) is 2.05. The molecule has 1 N–H and O–H groups in total. The van der Waals surface area contributed by atoms with Gasteiger partial charge in [0.15, 0.2) is 0 Å². The van der Waals surface area contributed by atoms with Crippen LogP contribution in [0.5, 0.6) is 0 Å². The molecule has 3 rings (SSSR count). The Labute approximate surface area is 120 Å². The largest absolute Gasteiger partial charge is 0.480 e. The molecule has 1 aliphatic carbocycles. The molecule has 1 saturated heterocycles. The fraction of sp³-hybridized carbons (Fsp3) is 0.538. The number of likely N-dealkylation sites (tertiary alicyclic amines) is 1. The first kappa shape index (κ1) is 12.9. The molecule has 2 aliphatic rings. The van der Waals surface area contributed by atoms with Crippen LogP contribution in [-0.4, -0.2) is 34.5 Å². The van der Waals surface area contributed by atoms with Crippen molar-refractivity contribution >= 4 is 34.8 Å². The maximum Gasteiger partial charge on any atom is 0.326 e. The zero-order valence-corrected chi connectivity index (χ0v) is 11.8. The number of hydrogen-bond donors (Lipinski definition) is 1. The predicted octanol–water partition coefficient (Wildman–Crippen LogP) is 2.73.